The summed E-state index contributed by atoms with van der Waals surface area (Å²) in [7, 11) is 4.34. The number of hydrogen-bond acceptors (Lipinski definition) is 4. The Kier molecular flexibility index (Phi) is 8.18. The third kappa shape index (κ3) is 6.07. The van der Waals surface area contributed by atoms with Gasteiger partial charge < -0.3 is 19.9 Å². The van der Waals surface area contributed by atoms with Crippen LogP contribution in [0.4, 0.5) is 0 Å². The number of rotatable bonds is 6. The van der Waals surface area contributed by atoms with E-state index in [1.165, 1.54) is 5.56 Å². The highest BCUT2D eigenvalue weighted by Gasteiger charge is 2.35. The second-order valence-corrected chi connectivity index (χ2v) is 8.73. The Bertz CT molecular complexity index is 667. The maximum Gasteiger partial charge on any atom is 0.194 e. The van der Waals surface area contributed by atoms with Gasteiger partial charge in [0.05, 0.1) is 6.54 Å². The summed E-state index contributed by atoms with van der Waals surface area (Å²) in [6.45, 7) is 10.5. The molecule has 6 nitrogen and oxygen atoms in total. The van der Waals surface area contributed by atoms with E-state index in [-0.39, 0.29) is 5.54 Å². The summed E-state index contributed by atoms with van der Waals surface area (Å²) in [6.07, 6.45) is 2.08. The minimum Gasteiger partial charge on any atom is -0.381 e. The Morgan fingerprint density at radius 2 is 1.93 bits per heavy atom. The minimum atomic E-state index is 0.104. The van der Waals surface area contributed by atoms with Crippen LogP contribution in [0.3, 0.4) is 0 Å². The fourth-order valence-corrected chi connectivity index (χ4v) is 4.37. The van der Waals surface area contributed by atoms with E-state index in [1.54, 1.807) is 0 Å². The molecule has 2 aliphatic rings. The Hall–Kier alpha value is -1.34. The summed E-state index contributed by atoms with van der Waals surface area (Å²) >= 11 is 6.13. The molecule has 0 atom stereocenters. The molecule has 0 amide bonds. The number of nitrogens with one attached hydrogen (secondary N) is 1. The molecular weight excluding hydrogens is 386 g/mol. The van der Waals surface area contributed by atoms with E-state index in [9.17, 15) is 0 Å². The lowest BCUT2D eigenvalue weighted by Crippen LogP contribution is -2.54. The van der Waals surface area contributed by atoms with Gasteiger partial charge in [-0.05, 0) is 51.6 Å². The topological polar surface area (TPSA) is 43.3 Å². The molecule has 0 radical (unpaired) electrons. The van der Waals surface area contributed by atoms with Crippen molar-refractivity contribution in [3.63, 3.8) is 0 Å². The highest BCUT2D eigenvalue weighted by atomic mass is 35.5. The molecule has 2 fully saturated rings. The van der Waals surface area contributed by atoms with E-state index in [1.807, 2.05) is 12.1 Å². The van der Waals surface area contributed by atoms with Crippen LogP contribution in [0, 0.1) is 0 Å². The average Bonchev–Trinajstić information content (AvgIpc) is 2.72. The second kappa shape index (κ2) is 10.6. The number of nitrogens with zero attached hydrogens (tertiary/aromatic N) is 4. The largest absolute Gasteiger partial charge is 0.381 e. The van der Waals surface area contributed by atoms with Crippen LogP contribution in [0.5, 0.6) is 0 Å². The van der Waals surface area contributed by atoms with Crippen molar-refractivity contribution >= 4 is 17.6 Å². The summed E-state index contributed by atoms with van der Waals surface area (Å²) in [4.78, 5) is 12.3. The molecule has 0 aromatic heterocycles. The normalized spacial score (nSPS) is 20.9. The first-order valence-electron chi connectivity index (χ1n) is 10.8. The molecule has 1 aromatic carbocycles. The summed E-state index contributed by atoms with van der Waals surface area (Å²) in [5.41, 5.74) is 1.38. The third-order valence-electron chi connectivity index (χ3n) is 6.20. The van der Waals surface area contributed by atoms with Crippen molar-refractivity contribution in [2.75, 3.05) is 66.6 Å². The van der Waals surface area contributed by atoms with Crippen molar-refractivity contribution in [2.24, 2.45) is 4.99 Å². The molecule has 0 unspecified atom stereocenters. The molecule has 7 heteroatoms. The minimum absolute atomic E-state index is 0.104. The molecule has 29 heavy (non-hydrogen) atoms. The van der Waals surface area contributed by atoms with Gasteiger partial charge in [-0.2, -0.15) is 0 Å². The number of hydrogen-bond donors (Lipinski definition) is 1. The highest BCUT2D eigenvalue weighted by Crippen LogP contribution is 2.26. The van der Waals surface area contributed by atoms with Crippen molar-refractivity contribution < 1.29 is 4.74 Å². The van der Waals surface area contributed by atoms with Crippen LogP contribution in [0.25, 0.3) is 0 Å². The van der Waals surface area contributed by atoms with E-state index in [2.05, 4.69) is 53.2 Å². The summed E-state index contributed by atoms with van der Waals surface area (Å²) in [6, 6.07) is 8.17. The van der Waals surface area contributed by atoms with E-state index in [0.717, 1.165) is 82.9 Å². The molecule has 0 aliphatic carbocycles. The fraction of sp³-hybridized carbons (Fsp3) is 0.682. The molecule has 3 rings (SSSR count). The Labute approximate surface area is 180 Å². The monoisotopic (exact) mass is 421 g/mol. The molecule has 0 saturated carbocycles. The van der Waals surface area contributed by atoms with Gasteiger partial charge >= 0.3 is 0 Å². The number of aliphatic imine (C=N–C) groups is 1. The van der Waals surface area contributed by atoms with Crippen LogP contribution >= 0.6 is 11.6 Å². The van der Waals surface area contributed by atoms with E-state index in [4.69, 9.17) is 21.3 Å². The maximum absolute atomic E-state index is 6.13. The zero-order chi connectivity index (χ0) is 20.7. The average molecular weight is 422 g/mol. The number of piperazine rings is 1. The van der Waals surface area contributed by atoms with Crippen LogP contribution in [0.2, 0.25) is 5.02 Å². The summed E-state index contributed by atoms with van der Waals surface area (Å²) in [5.74, 6) is 1.04. The second-order valence-electron chi connectivity index (χ2n) is 8.29. The van der Waals surface area contributed by atoms with Crippen LogP contribution in [0.1, 0.15) is 25.3 Å². The van der Waals surface area contributed by atoms with Crippen molar-refractivity contribution in [3.8, 4) is 0 Å². The SMILES string of the molecule is CCNC(=NCC1(N(C)C)CCOCC1)N1CCN(Cc2cccc(Cl)c2)CC1. The van der Waals surface area contributed by atoms with Crippen LogP contribution < -0.4 is 5.32 Å². The predicted molar refractivity (Wildman–Crippen MR) is 121 cm³/mol. The van der Waals surface area contributed by atoms with Crippen molar-refractivity contribution in [1.82, 2.24) is 20.0 Å². The molecule has 1 N–H and O–H groups in total. The Morgan fingerprint density at radius 1 is 1.21 bits per heavy atom. The molecule has 2 aliphatic heterocycles. The lowest BCUT2D eigenvalue weighted by molar-refractivity contribution is -0.00268. The Balaban J connectivity index is 1.59. The van der Waals surface area contributed by atoms with Gasteiger partial charge in [-0.3, -0.25) is 9.89 Å². The Morgan fingerprint density at radius 3 is 2.55 bits per heavy atom. The van der Waals surface area contributed by atoms with Gasteiger partial charge in [-0.15, -0.1) is 0 Å². The smallest absolute Gasteiger partial charge is 0.194 e. The highest BCUT2D eigenvalue weighted by molar-refractivity contribution is 6.30. The molecular formula is C22H36ClN5O. The molecule has 2 heterocycles. The first-order valence-corrected chi connectivity index (χ1v) is 11.2. The van der Waals surface area contributed by atoms with Gasteiger partial charge in [0.15, 0.2) is 5.96 Å². The standard InChI is InChI=1S/C22H36ClN5O/c1-4-24-21(25-18-22(26(2)3)8-14-29-15-9-22)28-12-10-27(11-13-28)17-19-6-5-7-20(23)16-19/h5-7,16H,4,8-15,17-18H2,1-3H3,(H,24,25). The molecule has 1 aromatic rings. The molecule has 2 saturated heterocycles. The predicted octanol–water partition coefficient (Wildman–Crippen LogP) is 2.53. The van der Waals surface area contributed by atoms with Crippen LogP contribution in [-0.2, 0) is 11.3 Å². The van der Waals surface area contributed by atoms with Crippen molar-refractivity contribution in [1.29, 1.82) is 0 Å². The summed E-state index contributed by atoms with van der Waals surface area (Å²) < 4.78 is 5.60. The number of halogens is 1. The quantitative estimate of drug-likeness (QED) is 0.564. The van der Waals surface area contributed by atoms with E-state index >= 15 is 0 Å². The van der Waals surface area contributed by atoms with Gasteiger partial charge in [-0.1, -0.05) is 23.7 Å². The molecule has 0 bridgehead atoms. The molecule has 0 spiro atoms. The first-order chi connectivity index (χ1) is 14.0. The number of likely N-dealkylation sites (N-methyl/N-ethyl adjacent to an activating group) is 1. The molecule has 162 valence electrons. The van der Waals surface area contributed by atoms with Crippen molar-refractivity contribution in [3.05, 3.63) is 34.9 Å². The van der Waals surface area contributed by atoms with E-state index < -0.39 is 0 Å². The number of benzene rings is 1. The third-order valence-corrected chi connectivity index (χ3v) is 6.43. The lowest BCUT2D eigenvalue weighted by Gasteiger charge is -2.42. The zero-order valence-corrected chi connectivity index (χ0v) is 18.9. The van der Waals surface area contributed by atoms with Gasteiger partial charge in [0.25, 0.3) is 0 Å². The summed E-state index contributed by atoms with van der Waals surface area (Å²) in [5, 5.41) is 4.32. The lowest BCUT2D eigenvalue weighted by atomic mass is 9.89. The first kappa shape index (κ1) is 22.3. The van der Waals surface area contributed by atoms with E-state index in [0.29, 0.717) is 0 Å². The van der Waals surface area contributed by atoms with Crippen LogP contribution in [-0.4, -0.2) is 92.8 Å². The van der Waals surface area contributed by atoms with Gasteiger partial charge in [0, 0.05) is 63.0 Å². The zero-order valence-electron chi connectivity index (χ0n) is 18.2. The van der Waals surface area contributed by atoms with Crippen molar-refractivity contribution in [2.45, 2.75) is 31.8 Å². The number of ether oxygens (including phenoxy) is 1. The fourth-order valence-electron chi connectivity index (χ4n) is 4.16. The number of guanidine groups is 1. The van der Waals surface area contributed by atoms with Gasteiger partial charge in [0.2, 0.25) is 0 Å². The van der Waals surface area contributed by atoms with Crippen LogP contribution in [0.15, 0.2) is 29.3 Å². The van der Waals surface area contributed by atoms with Gasteiger partial charge in [-0.25, -0.2) is 0 Å². The van der Waals surface area contributed by atoms with Gasteiger partial charge in [0.1, 0.15) is 0 Å². The maximum atomic E-state index is 6.13.